The van der Waals surface area contributed by atoms with Crippen LogP contribution in [0.15, 0.2) is 31.0 Å². The Morgan fingerprint density at radius 3 is 2.52 bits per heavy atom. The van der Waals surface area contributed by atoms with E-state index >= 15 is 0 Å². The van der Waals surface area contributed by atoms with E-state index in [1.165, 1.54) is 0 Å². The van der Waals surface area contributed by atoms with Gasteiger partial charge in [0.2, 0.25) is 0 Å². The van der Waals surface area contributed by atoms with Crippen LogP contribution in [0.5, 0.6) is 11.5 Å². The van der Waals surface area contributed by atoms with Gasteiger partial charge in [0, 0.05) is 37.6 Å². The Hall–Kier alpha value is -3.36. The second-order valence-electron chi connectivity index (χ2n) is 7.05. The lowest BCUT2D eigenvalue weighted by atomic mass is 10.0. The number of aromatic nitrogens is 4. The first-order chi connectivity index (χ1) is 14.1. The van der Waals surface area contributed by atoms with Gasteiger partial charge in [-0.05, 0) is 18.9 Å². The number of piperidine rings is 1. The van der Waals surface area contributed by atoms with E-state index in [1.54, 1.807) is 37.6 Å². The first kappa shape index (κ1) is 19.0. The third kappa shape index (κ3) is 3.67. The molecule has 0 saturated carbocycles. The fourth-order valence-electron chi connectivity index (χ4n) is 3.69. The van der Waals surface area contributed by atoms with Gasteiger partial charge >= 0.3 is 0 Å². The van der Waals surface area contributed by atoms with Gasteiger partial charge in [-0.2, -0.15) is 0 Å². The minimum atomic E-state index is -0.0900. The van der Waals surface area contributed by atoms with Crippen LogP contribution < -0.4 is 19.7 Å². The Morgan fingerprint density at radius 2 is 1.86 bits per heavy atom. The van der Waals surface area contributed by atoms with E-state index in [0.717, 1.165) is 42.7 Å². The second-order valence-corrected chi connectivity index (χ2v) is 7.05. The summed E-state index contributed by atoms with van der Waals surface area (Å²) in [5.41, 5.74) is 1.37. The number of amides is 1. The molecule has 3 heterocycles. The highest BCUT2D eigenvalue weighted by atomic mass is 16.5. The lowest BCUT2D eigenvalue weighted by molar-refractivity contribution is 0.0923. The zero-order chi connectivity index (χ0) is 20.4. The normalized spacial score (nSPS) is 14.8. The SMILES string of the molecule is COc1cc2ncnc(N3CCC(NC(=O)c4cncn4C)CC3)c2cc1OC. The summed E-state index contributed by atoms with van der Waals surface area (Å²) >= 11 is 0. The topological polar surface area (TPSA) is 94.4 Å². The van der Waals surface area contributed by atoms with E-state index in [9.17, 15) is 4.79 Å². The van der Waals surface area contributed by atoms with Crippen LogP contribution in [0.3, 0.4) is 0 Å². The Bertz CT molecular complexity index is 1030. The van der Waals surface area contributed by atoms with Crippen LogP contribution in [0, 0.1) is 0 Å². The average molecular weight is 396 g/mol. The highest BCUT2D eigenvalue weighted by Crippen LogP contribution is 2.35. The third-order valence-corrected chi connectivity index (χ3v) is 5.30. The summed E-state index contributed by atoms with van der Waals surface area (Å²) in [6.07, 6.45) is 6.45. The molecule has 0 radical (unpaired) electrons. The van der Waals surface area contributed by atoms with Crippen molar-refractivity contribution in [3.8, 4) is 11.5 Å². The molecule has 0 bridgehead atoms. The number of hydrogen-bond donors (Lipinski definition) is 1. The second kappa shape index (κ2) is 7.94. The van der Waals surface area contributed by atoms with Crippen LogP contribution in [0.2, 0.25) is 0 Å². The molecule has 1 amide bonds. The van der Waals surface area contributed by atoms with Crippen LogP contribution in [0.1, 0.15) is 23.3 Å². The fourth-order valence-corrected chi connectivity index (χ4v) is 3.69. The average Bonchev–Trinajstić information content (AvgIpc) is 3.19. The number of carbonyl (C=O) groups excluding carboxylic acids is 1. The minimum Gasteiger partial charge on any atom is -0.493 e. The van der Waals surface area contributed by atoms with E-state index in [0.29, 0.717) is 17.2 Å². The largest absolute Gasteiger partial charge is 0.493 e. The van der Waals surface area contributed by atoms with E-state index in [4.69, 9.17) is 9.47 Å². The van der Waals surface area contributed by atoms with Gasteiger partial charge < -0.3 is 24.3 Å². The van der Waals surface area contributed by atoms with Crippen molar-refractivity contribution in [2.24, 2.45) is 7.05 Å². The molecule has 0 spiro atoms. The number of ether oxygens (including phenoxy) is 2. The zero-order valence-electron chi connectivity index (χ0n) is 16.8. The van der Waals surface area contributed by atoms with E-state index in [1.807, 2.05) is 19.2 Å². The van der Waals surface area contributed by atoms with Crippen LogP contribution >= 0.6 is 0 Å². The number of imidazole rings is 1. The van der Waals surface area contributed by atoms with E-state index < -0.39 is 0 Å². The van der Waals surface area contributed by atoms with Gasteiger partial charge in [-0.1, -0.05) is 0 Å². The summed E-state index contributed by atoms with van der Waals surface area (Å²) in [5, 5.41) is 4.03. The lowest BCUT2D eigenvalue weighted by Gasteiger charge is -2.33. The molecular formula is C20H24N6O3. The number of anilines is 1. The lowest BCUT2D eigenvalue weighted by Crippen LogP contribution is -2.45. The Morgan fingerprint density at radius 1 is 1.14 bits per heavy atom. The number of aryl methyl sites for hydroxylation is 1. The molecule has 9 heteroatoms. The van der Waals surface area contributed by atoms with Crippen molar-refractivity contribution in [1.82, 2.24) is 24.8 Å². The molecule has 0 aliphatic carbocycles. The highest BCUT2D eigenvalue weighted by molar-refractivity contribution is 5.93. The maximum atomic E-state index is 12.4. The summed E-state index contributed by atoms with van der Waals surface area (Å²) < 4.78 is 12.5. The Kier molecular flexibility index (Phi) is 5.20. The Balaban J connectivity index is 1.49. The molecule has 1 N–H and O–H groups in total. The van der Waals surface area contributed by atoms with Crippen molar-refractivity contribution in [2.75, 3.05) is 32.2 Å². The van der Waals surface area contributed by atoms with Crippen LogP contribution in [-0.4, -0.2) is 58.8 Å². The van der Waals surface area contributed by atoms with E-state index in [-0.39, 0.29) is 11.9 Å². The van der Waals surface area contributed by atoms with Crippen molar-refractivity contribution < 1.29 is 14.3 Å². The van der Waals surface area contributed by atoms with E-state index in [2.05, 4.69) is 25.2 Å². The van der Waals surface area contributed by atoms with Crippen molar-refractivity contribution >= 4 is 22.6 Å². The number of fused-ring (bicyclic) bond motifs is 1. The maximum absolute atomic E-state index is 12.4. The number of nitrogens with one attached hydrogen (secondary N) is 1. The molecule has 1 fully saturated rings. The molecule has 1 aromatic carbocycles. The summed E-state index contributed by atoms with van der Waals surface area (Å²) in [6.45, 7) is 1.58. The summed E-state index contributed by atoms with van der Waals surface area (Å²) in [7, 11) is 5.04. The number of nitrogens with zero attached hydrogens (tertiary/aromatic N) is 5. The van der Waals surface area contributed by atoms with Crippen molar-refractivity contribution in [3.63, 3.8) is 0 Å². The molecule has 1 aliphatic heterocycles. The summed E-state index contributed by atoms with van der Waals surface area (Å²) in [6, 6.07) is 3.90. The number of hydrogen-bond acceptors (Lipinski definition) is 7. The molecule has 4 rings (SSSR count). The molecular weight excluding hydrogens is 372 g/mol. The van der Waals surface area contributed by atoms with Gasteiger partial charge in [0.1, 0.15) is 17.8 Å². The number of carbonyl (C=O) groups is 1. The first-order valence-electron chi connectivity index (χ1n) is 9.49. The van der Waals surface area contributed by atoms with Crippen LogP contribution in [0.4, 0.5) is 5.82 Å². The van der Waals surface area contributed by atoms with Gasteiger partial charge in [-0.25, -0.2) is 15.0 Å². The molecule has 152 valence electrons. The molecule has 9 nitrogen and oxygen atoms in total. The van der Waals surface area contributed by atoms with Gasteiger partial charge in [-0.15, -0.1) is 0 Å². The molecule has 3 aromatic rings. The smallest absolute Gasteiger partial charge is 0.269 e. The quantitative estimate of drug-likeness (QED) is 0.702. The molecule has 29 heavy (non-hydrogen) atoms. The standard InChI is InChI=1S/C20H24N6O3/c1-25-12-21-10-16(25)20(27)24-13-4-6-26(7-5-13)19-14-8-17(28-2)18(29-3)9-15(14)22-11-23-19/h8-13H,4-7H2,1-3H3,(H,24,27). The monoisotopic (exact) mass is 396 g/mol. The van der Waals surface area contributed by atoms with Crippen LogP contribution in [-0.2, 0) is 7.05 Å². The fraction of sp³-hybridized carbons (Fsp3) is 0.400. The van der Waals surface area contributed by atoms with Crippen molar-refractivity contribution in [2.45, 2.75) is 18.9 Å². The predicted molar refractivity (Wildman–Crippen MR) is 109 cm³/mol. The number of methoxy groups -OCH3 is 2. The minimum absolute atomic E-state index is 0.0900. The number of benzene rings is 1. The molecule has 1 saturated heterocycles. The van der Waals surface area contributed by atoms with Crippen LogP contribution in [0.25, 0.3) is 10.9 Å². The third-order valence-electron chi connectivity index (χ3n) is 5.30. The zero-order valence-corrected chi connectivity index (χ0v) is 16.8. The predicted octanol–water partition coefficient (Wildman–Crippen LogP) is 1.78. The van der Waals surface area contributed by atoms with Gasteiger partial charge in [0.05, 0.1) is 32.3 Å². The number of rotatable bonds is 5. The van der Waals surface area contributed by atoms with Gasteiger partial charge in [0.25, 0.3) is 5.91 Å². The highest BCUT2D eigenvalue weighted by Gasteiger charge is 2.24. The Labute approximate surface area is 168 Å². The van der Waals surface area contributed by atoms with Gasteiger partial charge in [-0.3, -0.25) is 4.79 Å². The van der Waals surface area contributed by atoms with Gasteiger partial charge in [0.15, 0.2) is 11.5 Å². The maximum Gasteiger partial charge on any atom is 0.269 e. The molecule has 2 aromatic heterocycles. The molecule has 0 unspecified atom stereocenters. The first-order valence-corrected chi connectivity index (χ1v) is 9.49. The molecule has 0 atom stereocenters. The summed E-state index contributed by atoms with van der Waals surface area (Å²) in [5.74, 6) is 2.07. The van der Waals surface area contributed by atoms with Crippen molar-refractivity contribution in [3.05, 3.63) is 36.7 Å². The summed E-state index contributed by atoms with van der Waals surface area (Å²) in [4.78, 5) is 27.5. The molecule has 1 aliphatic rings. The van der Waals surface area contributed by atoms with Crippen molar-refractivity contribution in [1.29, 1.82) is 0 Å².